The molecule has 3 N–H and O–H groups in total. The van der Waals surface area contributed by atoms with Crippen LogP contribution in [0.2, 0.25) is 5.02 Å². The molecule has 0 spiro atoms. The number of anilines is 3. The quantitative estimate of drug-likeness (QED) is 0.659. The fraction of sp³-hybridized carbons (Fsp3) is 0.0714. The van der Waals surface area contributed by atoms with E-state index in [0.29, 0.717) is 27.6 Å². The maximum absolute atomic E-state index is 13.6. The Morgan fingerprint density at radius 2 is 2.00 bits per heavy atom. The highest BCUT2D eigenvalue weighted by Gasteiger charge is 2.07. The minimum atomic E-state index is -0.457. The zero-order chi connectivity index (χ0) is 14.0. The summed E-state index contributed by atoms with van der Waals surface area (Å²) < 4.78 is 13.6. The van der Waals surface area contributed by atoms with Gasteiger partial charge in [-0.25, -0.2) is 4.39 Å². The molecule has 0 atom stereocenters. The van der Waals surface area contributed by atoms with E-state index in [4.69, 9.17) is 17.3 Å². The molecule has 0 heterocycles. The number of rotatable bonds is 3. The molecular weight excluding hydrogens is 267 g/mol. The van der Waals surface area contributed by atoms with E-state index in [1.807, 2.05) is 0 Å². The first-order valence-corrected chi connectivity index (χ1v) is 5.97. The molecule has 2 aromatic carbocycles. The number of nitrogen functional groups attached to an aromatic ring is 1. The van der Waals surface area contributed by atoms with Crippen LogP contribution in [0.15, 0.2) is 36.4 Å². The van der Waals surface area contributed by atoms with Crippen LogP contribution in [0.5, 0.6) is 0 Å². The van der Waals surface area contributed by atoms with Gasteiger partial charge in [0.2, 0.25) is 0 Å². The zero-order valence-corrected chi connectivity index (χ0v) is 11.0. The lowest BCUT2D eigenvalue weighted by Gasteiger charge is -2.10. The summed E-state index contributed by atoms with van der Waals surface area (Å²) >= 11 is 5.68. The van der Waals surface area contributed by atoms with Crippen LogP contribution in [0.4, 0.5) is 21.5 Å². The van der Waals surface area contributed by atoms with Crippen molar-refractivity contribution in [3.8, 4) is 0 Å². The van der Waals surface area contributed by atoms with Crippen LogP contribution in [-0.2, 0) is 0 Å². The lowest BCUT2D eigenvalue weighted by atomic mass is 10.1. The molecule has 0 fully saturated rings. The molecule has 19 heavy (non-hydrogen) atoms. The van der Waals surface area contributed by atoms with Crippen molar-refractivity contribution in [2.24, 2.45) is 0 Å². The monoisotopic (exact) mass is 278 g/mol. The molecule has 0 radical (unpaired) electrons. The Bertz CT molecular complexity index is 643. The van der Waals surface area contributed by atoms with E-state index in [0.717, 1.165) is 0 Å². The first-order valence-electron chi connectivity index (χ1n) is 5.60. The standard InChI is InChI=1S/C14H12ClFN2O/c1-8(19)11-4-3-10(7-13(11)17)18-14-5-2-9(15)6-12(14)16/h2-7,18H,17H2,1H3. The Morgan fingerprint density at radius 1 is 1.26 bits per heavy atom. The molecule has 0 amide bonds. The van der Waals surface area contributed by atoms with Crippen molar-refractivity contribution in [1.82, 2.24) is 0 Å². The Morgan fingerprint density at radius 3 is 2.58 bits per heavy atom. The molecule has 0 aromatic heterocycles. The molecule has 0 unspecified atom stereocenters. The number of ketones is 1. The second-order valence-corrected chi connectivity index (χ2v) is 4.54. The van der Waals surface area contributed by atoms with Gasteiger partial charge in [-0.3, -0.25) is 4.79 Å². The molecule has 0 aliphatic heterocycles. The van der Waals surface area contributed by atoms with Gasteiger partial charge in [0, 0.05) is 22.0 Å². The first kappa shape index (κ1) is 13.4. The minimum absolute atomic E-state index is 0.110. The Labute approximate surface area is 115 Å². The number of hydrogen-bond acceptors (Lipinski definition) is 3. The molecule has 0 aliphatic rings. The van der Waals surface area contributed by atoms with Crippen molar-refractivity contribution >= 4 is 34.4 Å². The predicted molar refractivity (Wildman–Crippen MR) is 75.6 cm³/mol. The van der Waals surface area contributed by atoms with E-state index in [2.05, 4.69) is 5.32 Å². The van der Waals surface area contributed by atoms with Gasteiger partial charge in [-0.2, -0.15) is 0 Å². The van der Waals surface area contributed by atoms with Crippen LogP contribution < -0.4 is 11.1 Å². The first-order chi connectivity index (χ1) is 8.97. The van der Waals surface area contributed by atoms with E-state index >= 15 is 0 Å². The molecule has 2 aromatic rings. The molecular formula is C14H12ClFN2O. The molecule has 98 valence electrons. The molecule has 0 bridgehead atoms. The fourth-order valence-corrected chi connectivity index (χ4v) is 1.87. The number of Topliss-reactive ketones (excluding diaryl/α,β-unsaturated/α-hetero) is 1. The number of carbonyl (C=O) groups is 1. The Hall–Kier alpha value is -2.07. The van der Waals surface area contributed by atoms with Gasteiger partial charge in [0.15, 0.2) is 5.78 Å². The van der Waals surface area contributed by atoms with Crippen molar-refractivity contribution in [2.75, 3.05) is 11.1 Å². The average Bonchev–Trinajstić information content (AvgIpc) is 2.32. The summed E-state index contributed by atoms with van der Waals surface area (Å²) in [5.41, 5.74) is 7.45. The van der Waals surface area contributed by atoms with Gasteiger partial charge in [0.05, 0.1) is 5.69 Å². The molecule has 0 saturated heterocycles. The van der Waals surface area contributed by atoms with E-state index in [1.165, 1.54) is 19.1 Å². The van der Waals surface area contributed by atoms with Crippen molar-refractivity contribution in [2.45, 2.75) is 6.92 Å². The van der Waals surface area contributed by atoms with E-state index in [1.54, 1.807) is 24.3 Å². The fourth-order valence-electron chi connectivity index (χ4n) is 1.71. The van der Waals surface area contributed by atoms with Gasteiger partial charge < -0.3 is 11.1 Å². The second kappa shape index (κ2) is 5.28. The molecule has 0 aliphatic carbocycles. The van der Waals surface area contributed by atoms with Crippen molar-refractivity contribution in [3.05, 3.63) is 52.8 Å². The topological polar surface area (TPSA) is 55.1 Å². The Balaban J connectivity index is 2.29. The van der Waals surface area contributed by atoms with Crippen LogP contribution in [0, 0.1) is 5.82 Å². The summed E-state index contributed by atoms with van der Waals surface area (Å²) in [7, 11) is 0. The summed E-state index contributed by atoms with van der Waals surface area (Å²) in [5, 5.41) is 3.21. The minimum Gasteiger partial charge on any atom is -0.398 e. The van der Waals surface area contributed by atoms with Gasteiger partial charge in [0.1, 0.15) is 5.82 Å². The van der Waals surface area contributed by atoms with Crippen LogP contribution >= 0.6 is 11.6 Å². The SMILES string of the molecule is CC(=O)c1ccc(Nc2ccc(Cl)cc2F)cc1N. The third-order valence-electron chi connectivity index (χ3n) is 2.64. The summed E-state index contributed by atoms with van der Waals surface area (Å²) in [6.07, 6.45) is 0. The van der Waals surface area contributed by atoms with E-state index in [-0.39, 0.29) is 5.78 Å². The van der Waals surface area contributed by atoms with Crippen LogP contribution in [0.1, 0.15) is 17.3 Å². The Kier molecular flexibility index (Phi) is 3.71. The predicted octanol–water partition coefficient (Wildman–Crippen LogP) is 4.01. The third kappa shape index (κ3) is 3.03. The molecule has 2 rings (SSSR count). The molecule has 3 nitrogen and oxygen atoms in total. The maximum Gasteiger partial charge on any atom is 0.161 e. The summed E-state index contributed by atoms with van der Waals surface area (Å²) in [6, 6.07) is 9.20. The number of halogens is 2. The van der Waals surface area contributed by atoms with Crippen molar-refractivity contribution in [3.63, 3.8) is 0 Å². The highest BCUT2D eigenvalue weighted by molar-refractivity contribution is 6.30. The normalized spacial score (nSPS) is 10.3. The van der Waals surface area contributed by atoms with Crippen molar-refractivity contribution < 1.29 is 9.18 Å². The molecule has 0 saturated carbocycles. The van der Waals surface area contributed by atoms with Gasteiger partial charge in [-0.15, -0.1) is 0 Å². The zero-order valence-electron chi connectivity index (χ0n) is 10.2. The number of carbonyl (C=O) groups excluding carboxylic acids is 1. The summed E-state index contributed by atoms with van der Waals surface area (Å²) in [4.78, 5) is 11.3. The van der Waals surface area contributed by atoms with E-state index < -0.39 is 5.82 Å². The molecule has 5 heteroatoms. The van der Waals surface area contributed by atoms with Gasteiger partial charge >= 0.3 is 0 Å². The third-order valence-corrected chi connectivity index (χ3v) is 2.88. The van der Waals surface area contributed by atoms with Crippen LogP contribution in [-0.4, -0.2) is 5.78 Å². The summed E-state index contributed by atoms with van der Waals surface area (Å²) in [6.45, 7) is 1.44. The largest absolute Gasteiger partial charge is 0.398 e. The number of hydrogen-bond donors (Lipinski definition) is 2. The second-order valence-electron chi connectivity index (χ2n) is 4.11. The maximum atomic E-state index is 13.6. The lowest BCUT2D eigenvalue weighted by molar-refractivity contribution is 0.101. The summed E-state index contributed by atoms with van der Waals surface area (Å²) in [5.74, 6) is -0.566. The van der Waals surface area contributed by atoms with E-state index in [9.17, 15) is 9.18 Å². The van der Waals surface area contributed by atoms with Gasteiger partial charge in [-0.05, 0) is 43.3 Å². The van der Waals surface area contributed by atoms with Crippen LogP contribution in [0.3, 0.4) is 0 Å². The lowest BCUT2D eigenvalue weighted by Crippen LogP contribution is -2.01. The number of benzene rings is 2. The highest BCUT2D eigenvalue weighted by Crippen LogP contribution is 2.25. The van der Waals surface area contributed by atoms with Crippen LogP contribution in [0.25, 0.3) is 0 Å². The van der Waals surface area contributed by atoms with Crippen molar-refractivity contribution in [1.29, 1.82) is 0 Å². The smallest absolute Gasteiger partial charge is 0.161 e. The van der Waals surface area contributed by atoms with Gasteiger partial charge in [0.25, 0.3) is 0 Å². The number of nitrogens with one attached hydrogen (secondary N) is 1. The number of nitrogens with two attached hydrogens (primary N) is 1. The van der Waals surface area contributed by atoms with Gasteiger partial charge in [-0.1, -0.05) is 11.6 Å². The highest BCUT2D eigenvalue weighted by atomic mass is 35.5. The average molecular weight is 279 g/mol.